The second kappa shape index (κ2) is 7.13. The molecule has 25 heavy (non-hydrogen) atoms. The molecule has 1 aromatic carbocycles. The third kappa shape index (κ3) is 3.85. The van der Waals surface area contributed by atoms with Crippen molar-refractivity contribution < 1.29 is 23.1 Å². The van der Waals surface area contributed by atoms with Crippen molar-refractivity contribution in [2.24, 2.45) is 5.92 Å². The van der Waals surface area contributed by atoms with Crippen LogP contribution in [0.4, 0.5) is 0 Å². The van der Waals surface area contributed by atoms with E-state index in [0.717, 1.165) is 25.7 Å². The van der Waals surface area contributed by atoms with Crippen molar-refractivity contribution >= 4 is 21.9 Å². The predicted octanol–water partition coefficient (Wildman–Crippen LogP) is 1.13. The molecule has 2 N–H and O–H groups in total. The maximum absolute atomic E-state index is 12.5. The molecule has 0 aromatic heterocycles. The molecule has 1 aliphatic heterocycles. The van der Waals surface area contributed by atoms with E-state index in [1.165, 1.54) is 0 Å². The average molecular weight is 366 g/mol. The Kier molecular flexibility index (Phi) is 5.10. The quantitative estimate of drug-likeness (QED) is 0.785. The minimum atomic E-state index is -3.83. The van der Waals surface area contributed by atoms with Gasteiger partial charge >= 0.3 is 5.97 Å². The highest BCUT2D eigenvalue weighted by atomic mass is 32.2. The lowest BCUT2D eigenvalue weighted by atomic mass is 10.0. The van der Waals surface area contributed by atoms with E-state index in [1.807, 2.05) is 0 Å². The van der Waals surface area contributed by atoms with Crippen LogP contribution in [0.15, 0.2) is 30.3 Å². The Morgan fingerprint density at radius 2 is 1.72 bits per heavy atom. The Morgan fingerprint density at radius 3 is 2.28 bits per heavy atom. The number of carbonyl (C=O) groups excluding carboxylic acids is 1. The molecule has 1 amide bonds. The smallest absolute Gasteiger partial charge is 0.326 e. The van der Waals surface area contributed by atoms with Gasteiger partial charge in [0.1, 0.15) is 11.3 Å². The number of aliphatic carboxylic acids is 1. The number of amides is 1. The molecule has 8 heteroatoms. The molecule has 0 bridgehead atoms. The summed E-state index contributed by atoms with van der Waals surface area (Å²) >= 11 is 0. The van der Waals surface area contributed by atoms with Crippen molar-refractivity contribution in [1.29, 1.82) is 0 Å². The first-order chi connectivity index (χ1) is 11.9. The van der Waals surface area contributed by atoms with E-state index in [1.54, 1.807) is 35.2 Å². The van der Waals surface area contributed by atoms with Gasteiger partial charge in [-0.05, 0) is 18.4 Å². The molecule has 3 rings (SSSR count). The van der Waals surface area contributed by atoms with Gasteiger partial charge in [0.05, 0.1) is 0 Å². The van der Waals surface area contributed by atoms with Gasteiger partial charge in [-0.1, -0.05) is 43.2 Å². The Bertz CT molecular complexity index is 738. The van der Waals surface area contributed by atoms with Gasteiger partial charge in [-0.15, -0.1) is 0 Å². The maximum atomic E-state index is 12.5. The van der Waals surface area contributed by atoms with E-state index in [2.05, 4.69) is 4.72 Å². The van der Waals surface area contributed by atoms with E-state index in [0.29, 0.717) is 5.56 Å². The Balaban J connectivity index is 1.62. The van der Waals surface area contributed by atoms with Crippen molar-refractivity contribution in [2.45, 2.75) is 37.0 Å². The van der Waals surface area contributed by atoms with Crippen LogP contribution < -0.4 is 4.72 Å². The first-order valence-electron chi connectivity index (χ1n) is 8.46. The van der Waals surface area contributed by atoms with Crippen LogP contribution in [0.25, 0.3) is 0 Å². The van der Waals surface area contributed by atoms with Crippen LogP contribution in [0, 0.1) is 5.92 Å². The van der Waals surface area contributed by atoms with Gasteiger partial charge in [0.2, 0.25) is 15.9 Å². The Labute approximate surface area is 147 Å². The Hall–Kier alpha value is -1.93. The molecule has 1 aromatic rings. The minimum absolute atomic E-state index is 0.0210. The monoisotopic (exact) mass is 366 g/mol. The Morgan fingerprint density at radius 1 is 1.12 bits per heavy atom. The number of hydrogen-bond acceptors (Lipinski definition) is 4. The van der Waals surface area contributed by atoms with Gasteiger partial charge in [0.25, 0.3) is 0 Å². The van der Waals surface area contributed by atoms with Gasteiger partial charge in [-0.3, -0.25) is 9.59 Å². The van der Waals surface area contributed by atoms with Crippen molar-refractivity contribution in [3.8, 4) is 0 Å². The summed E-state index contributed by atoms with van der Waals surface area (Å²) in [6.45, 7) is 0.261. The summed E-state index contributed by atoms with van der Waals surface area (Å²) in [5.74, 6) is -1.21. The fourth-order valence-corrected chi connectivity index (χ4v) is 4.92. The summed E-state index contributed by atoms with van der Waals surface area (Å²) in [7, 11) is -3.83. The van der Waals surface area contributed by atoms with E-state index in [9.17, 15) is 23.1 Å². The molecule has 1 saturated carbocycles. The number of carbonyl (C=O) groups is 2. The van der Waals surface area contributed by atoms with Crippen molar-refractivity contribution in [3.05, 3.63) is 35.9 Å². The number of hydrogen-bond donors (Lipinski definition) is 2. The largest absolute Gasteiger partial charge is 0.480 e. The molecule has 2 fully saturated rings. The number of nitrogens with zero attached hydrogens (tertiary/aromatic N) is 1. The topological polar surface area (TPSA) is 104 Å². The van der Waals surface area contributed by atoms with Crippen molar-refractivity contribution in [1.82, 2.24) is 9.62 Å². The van der Waals surface area contributed by atoms with Crippen molar-refractivity contribution in [2.75, 3.05) is 13.1 Å². The lowest BCUT2D eigenvalue weighted by molar-refractivity contribution is -0.140. The third-order valence-corrected chi connectivity index (χ3v) is 6.70. The minimum Gasteiger partial charge on any atom is -0.480 e. The van der Waals surface area contributed by atoms with Crippen LogP contribution in [0.1, 0.15) is 37.3 Å². The van der Waals surface area contributed by atoms with E-state index < -0.39 is 27.3 Å². The molecule has 136 valence electrons. The highest BCUT2D eigenvalue weighted by Gasteiger charge is 2.43. The first kappa shape index (κ1) is 17.9. The molecule has 1 saturated heterocycles. The second-order valence-corrected chi connectivity index (χ2v) is 8.68. The van der Waals surface area contributed by atoms with Crippen molar-refractivity contribution in [3.63, 3.8) is 0 Å². The summed E-state index contributed by atoms with van der Waals surface area (Å²) in [4.78, 5) is 25.3. The number of sulfonamides is 1. The molecule has 1 atom stereocenters. The molecule has 2 aliphatic rings. The average Bonchev–Trinajstić information content (AvgIpc) is 3.06. The van der Waals surface area contributed by atoms with Gasteiger partial charge in [-0.25, -0.2) is 8.42 Å². The van der Waals surface area contributed by atoms with E-state index >= 15 is 0 Å². The van der Waals surface area contributed by atoms with E-state index in [-0.39, 0.29) is 24.9 Å². The SMILES string of the molecule is O=C(O)[C@@H](NS(=O)(=O)C1CN(C(=O)C2CCCC2)C1)c1ccccc1. The summed E-state index contributed by atoms with van der Waals surface area (Å²) in [6.07, 6.45) is 3.84. The highest BCUT2D eigenvalue weighted by Crippen LogP contribution is 2.29. The van der Waals surface area contributed by atoms with Gasteiger partial charge in [0.15, 0.2) is 0 Å². The fraction of sp³-hybridized carbons (Fsp3) is 0.529. The molecule has 1 heterocycles. The van der Waals surface area contributed by atoms with Crippen LogP contribution >= 0.6 is 0 Å². The summed E-state index contributed by atoms with van der Waals surface area (Å²) in [5.41, 5.74) is 0.372. The second-order valence-electron chi connectivity index (χ2n) is 6.69. The summed E-state index contributed by atoms with van der Waals surface area (Å²) in [5, 5.41) is 8.59. The highest BCUT2D eigenvalue weighted by molar-refractivity contribution is 7.90. The number of nitrogens with one attached hydrogen (secondary N) is 1. The zero-order valence-corrected chi connectivity index (χ0v) is 14.6. The number of carboxylic acids is 1. The number of likely N-dealkylation sites (tertiary alicyclic amines) is 1. The molecule has 0 unspecified atom stereocenters. The van der Waals surface area contributed by atoms with Crippen LogP contribution in [0.2, 0.25) is 0 Å². The number of rotatable bonds is 6. The zero-order chi connectivity index (χ0) is 18.0. The lowest BCUT2D eigenvalue weighted by Gasteiger charge is -2.40. The fourth-order valence-electron chi connectivity index (χ4n) is 3.41. The third-order valence-electron chi connectivity index (χ3n) is 4.96. The van der Waals surface area contributed by atoms with Crippen LogP contribution in [-0.4, -0.2) is 48.6 Å². The molecule has 7 nitrogen and oxygen atoms in total. The van der Waals surface area contributed by atoms with Crippen LogP contribution in [-0.2, 0) is 19.6 Å². The normalized spacial score (nSPS) is 20.2. The first-order valence-corrected chi connectivity index (χ1v) is 10.0. The van der Waals surface area contributed by atoms with Crippen LogP contribution in [0.3, 0.4) is 0 Å². The molecule has 0 radical (unpaired) electrons. The standard InChI is InChI=1S/C17H22N2O5S/c20-16(13-8-4-5-9-13)19-10-14(11-19)25(23,24)18-15(17(21)22)12-6-2-1-3-7-12/h1-3,6-7,13-15,18H,4-5,8-11H2,(H,21,22)/t15-/m0/s1. The van der Waals surface area contributed by atoms with E-state index in [4.69, 9.17) is 0 Å². The number of carboxylic acid groups (broad SMARTS) is 1. The van der Waals surface area contributed by atoms with Crippen LogP contribution in [0.5, 0.6) is 0 Å². The maximum Gasteiger partial charge on any atom is 0.326 e. The lowest BCUT2D eigenvalue weighted by Crippen LogP contribution is -2.60. The predicted molar refractivity (Wildman–Crippen MR) is 91.2 cm³/mol. The molecular weight excluding hydrogens is 344 g/mol. The van der Waals surface area contributed by atoms with Gasteiger partial charge < -0.3 is 10.0 Å². The number of benzene rings is 1. The zero-order valence-electron chi connectivity index (χ0n) is 13.8. The van der Waals surface area contributed by atoms with Gasteiger partial charge in [-0.2, -0.15) is 4.72 Å². The molecule has 1 aliphatic carbocycles. The molecule has 0 spiro atoms. The molecular formula is C17H22N2O5S. The summed E-state index contributed by atoms with van der Waals surface area (Å²) in [6, 6.07) is 6.85. The summed E-state index contributed by atoms with van der Waals surface area (Å²) < 4.78 is 27.2. The van der Waals surface area contributed by atoms with Gasteiger partial charge in [0, 0.05) is 19.0 Å².